The van der Waals surface area contributed by atoms with Crippen molar-refractivity contribution in [2.45, 2.75) is 19.9 Å². The number of hydrogen-bond acceptors (Lipinski definition) is 3. The molecule has 0 radical (unpaired) electrons. The fourth-order valence-electron chi connectivity index (χ4n) is 1.73. The van der Waals surface area contributed by atoms with Crippen LogP contribution in [0.2, 0.25) is 5.02 Å². The van der Waals surface area contributed by atoms with Crippen molar-refractivity contribution in [2.24, 2.45) is 0 Å². The van der Waals surface area contributed by atoms with E-state index >= 15 is 0 Å². The summed E-state index contributed by atoms with van der Waals surface area (Å²) in [5, 5.41) is 12.7. The fraction of sp³-hybridized carbons (Fsp3) is 0.400. The third-order valence-corrected chi connectivity index (χ3v) is 2.91. The molecule has 4 heteroatoms. The van der Waals surface area contributed by atoms with Gasteiger partial charge in [-0.2, -0.15) is 5.26 Å². The van der Waals surface area contributed by atoms with Crippen molar-refractivity contribution >= 4 is 11.6 Å². The summed E-state index contributed by atoms with van der Waals surface area (Å²) in [5.74, 6) is 0. The second-order valence-electron chi connectivity index (χ2n) is 3.35. The molecule has 3 nitrogen and oxygen atoms in total. The molecule has 0 amide bonds. The largest absolute Gasteiger partial charge is 0.311 e. The van der Waals surface area contributed by atoms with Crippen molar-refractivity contribution in [1.82, 2.24) is 10.3 Å². The third-order valence-electron chi connectivity index (χ3n) is 2.45. The van der Waals surface area contributed by atoms with E-state index in [9.17, 15) is 0 Å². The monoisotopic (exact) mass is 207 g/mol. The Morgan fingerprint density at radius 1 is 1.57 bits per heavy atom. The topological polar surface area (TPSA) is 48.7 Å². The highest BCUT2D eigenvalue weighted by Gasteiger charge is 2.18. The molecule has 0 bridgehead atoms. The van der Waals surface area contributed by atoms with Gasteiger partial charge in [-0.05, 0) is 25.5 Å². The summed E-state index contributed by atoms with van der Waals surface area (Å²) in [4.78, 5) is 4.38. The number of rotatable bonds is 0. The SMILES string of the molecule is Cc1nc2c(c(C#N)c1Cl)CCNC2. The van der Waals surface area contributed by atoms with Crippen LogP contribution >= 0.6 is 11.6 Å². The maximum atomic E-state index is 9.02. The van der Waals surface area contributed by atoms with Crippen molar-refractivity contribution < 1.29 is 0 Å². The van der Waals surface area contributed by atoms with E-state index in [0.29, 0.717) is 10.6 Å². The zero-order valence-corrected chi connectivity index (χ0v) is 8.65. The average Bonchev–Trinajstić information content (AvgIpc) is 2.20. The van der Waals surface area contributed by atoms with E-state index in [1.54, 1.807) is 0 Å². The van der Waals surface area contributed by atoms with E-state index in [2.05, 4.69) is 16.4 Å². The summed E-state index contributed by atoms with van der Waals surface area (Å²) in [7, 11) is 0. The maximum absolute atomic E-state index is 9.02. The first-order valence-corrected chi connectivity index (χ1v) is 4.90. The van der Waals surface area contributed by atoms with Crippen LogP contribution in [0.15, 0.2) is 0 Å². The summed E-state index contributed by atoms with van der Waals surface area (Å²) in [6.07, 6.45) is 0.839. The highest BCUT2D eigenvalue weighted by atomic mass is 35.5. The first-order valence-electron chi connectivity index (χ1n) is 4.52. The van der Waals surface area contributed by atoms with E-state index in [1.165, 1.54) is 0 Å². The Balaban J connectivity index is 2.67. The number of fused-ring (bicyclic) bond motifs is 1. The van der Waals surface area contributed by atoms with Crippen LogP contribution in [0.25, 0.3) is 0 Å². The molecular formula is C10H10ClN3. The van der Waals surface area contributed by atoms with Gasteiger partial charge in [0, 0.05) is 6.54 Å². The zero-order chi connectivity index (χ0) is 10.1. The molecule has 0 unspecified atom stereocenters. The summed E-state index contributed by atoms with van der Waals surface area (Å²) in [6.45, 7) is 3.46. The van der Waals surface area contributed by atoms with E-state index < -0.39 is 0 Å². The summed E-state index contributed by atoms with van der Waals surface area (Å²) >= 11 is 6.02. The van der Waals surface area contributed by atoms with E-state index in [1.807, 2.05) is 6.92 Å². The average molecular weight is 208 g/mol. The molecular weight excluding hydrogens is 198 g/mol. The predicted octanol–water partition coefficient (Wildman–Crippen LogP) is 1.56. The molecule has 0 saturated heterocycles. The number of halogens is 1. The van der Waals surface area contributed by atoms with Crippen LogP contribution in [0.1, 0.15) is 22.5 Å². The van der Waals surface area contributed by atoms with Gasteiger partial charge in [-0.25, -0.2) is 0 Å². The van der Waals surface area contributed by atoms with Crippen LogP contribution in [0.4, 0.5) is 0 Å². The van der Waals surface area contributed by atoms with Gasteiger partial charge in [0.25, 0.3) is 0 Å². The van der Waals surface area contributed by atoms with E-state index in [-0.39, 0.29) is 0 Å². The molecule has 1 aromatic rings. The van der Waals surface area contributed by atoms with Gasteiger partial charge < -0.3 is 5.32 Å². The Kier molecular flexibility index (Phi) is 2.40. The Hall–Kier alpha value is -1.11. The standard InChI is InChI=1S/C10H10ClN3/c1-6-10(11)8(4-12)7-2-3-13-5-9(7)14-6/h13H,2-3,5H2,1H3. The Bertz CT molecular complexity index is 420. The van der Waals surface area contributed by atoms with Crippen molar-refractivity contribution in [3.63, 3.8) is 0 Å². The van der Waals surface area contributed by atoms with Crippen LogP contribution in [0, 0.1) is 18.3 Å². The molecule has 1 aliphatic rings. The third kappa shape index (κ3) is 1.37. The summed E-state index contributed by atoms with van der Waals surface area (Å²) in [6, 6.07) is 2.16. The number of nitrogens with zero attached hydrogens (tertiary/aromatic N) is 2. The van der Waals surface area contributed by atoms with Gasteiger partial charge in [0.15, 0.2) is 0 Å². The molecule has 1 N–H and O–H groups in total. The molecule has 72 valence electrons. The van der Waals surface area contributed by atoms with Gasteiger partial charge in [-0.1, -0.05) is 11.6 Å². The number of pyridine rings is 1. The molecule has 0 saturated carbocycles. The summed E-state index contributed by atoms with van der Waals surface area (Å²) in [5.41, 5.74) is 3.33. The molecule has 0 spiro atoms. The fourth-order valence-corrected chi connectivity index (χ4v) is 1.93. The number of nitrogens with one attached hydrogen (secondary N) is 1. The van der Waals surface area contributed by atoms with Gasteiger partial charge >= 0.3 is 0 Å². The maximum Gasteiger partial charge on any atom is 0.101 e. The minimum Gasteiger partial charge on any atom is -0.311 e. The van der Waals surface area contributed by atoms with Crippen LogP contribution in [0.5, 0.6) is 0 Å². The van der Waals surface area contributed by atoms with Crippen molar-refractivity contribution in [2.75, 3.05) is 6.54 Å². The van der Waals surface area contributed by atoms with Crippen molar-refractivity contribution in [3.05, 3.63) is 27.5 Å². The minimum absolute atomic E-state index is 0.508. The molecule has 2 rings (SSSR count). The van der Waals surface area contributed by atoms with Crippen LogP contribution < -0.4 is 5.32 Å². The van der Waals surface area contributed by atoms with E-state index in [4.69, 9.17) is 16.9 Å². The summed E-state index contributed by atoms with van der Waals surface area (Å²) < 4.78 is 0. The smallest absolute Gasteiger partial charge is 0.101 e. The highest BCUT2D eigenvalue weighted by Crippen LogP contribution is 2.26. The van der Waals surface area contributed by atoms with Crippen molar-refractivity contribution in [3.8, 4) is 6.07 Å². The van der Waals surface area contributed by atoms with Crippen LogP contribution in [0.3, 0.4) is 0 Å². The highest BCUT2D eigenvalue weighted by molar-refractivity contribution is 6.32. The molecule has 1 aromatic heterocycles. The quantitative estimate of drug-likeness (QED) is 0.703. The van der Waals surface area contributed by atoms with Crippen LogP contribution in [-0.4, -0.2) is 11.5 Å². The lowest BCUT2D eigenvalue weighted by atomic mass is 10.00. The second kappa shape index (κ2) is 3.56. The van der Waals surface area contributed by atoms with Gasteiger partial charge in [0.2, 0.25) is 0 Å². The van der Waals surface area contributed by atoms with Gasteiger partial charge in [0.05, 0.1) is 22.0 Å². The van der Waals surface area contributed by atoms with Gasteiger partial charge in [0.1, 0.15) is 6.07 Å². The molecule has 0 atom stereocenters. The lowest BCUT2D eigenvalue weighted by Crippen LogP contribution is -2.26. The van der Waals surface area contributed by atoms with Gasteiger partial charge in [-0.3, -0.25) is 4.98 Å². The minimum atomic E-state index is 0.508. The molecule has 0 aromatic carbocycles. The van der Waals surface area contributed by atoms with Crippen LogP contribution in [-0.2, 0) is 13.0 Å². The lowest BCUT2D eigenvalue weighted by molar-refractivity contribution is 0.624. The van der Waals surface area contributed by atoms with E-state index in [0.717, 1.165) is 36.5 Å². The number of hydrogen-bond donors (Lipinski definition) is 1. The number of aromatic nitrogens is 1. The Morgan fingerprint density at radius 2 is 2.36 bits per heavy atom. The zero-order valence-electron chi connectivity index (χ0n) is 7.89. The molecule has 14 heavy (non-hydrogen) atoms. The normalized spacial score (nSPS) is 14.6. The predicted molar refractivity (Wildman–Crippen MR) is 54.1 cm³/mol. The number of nitriles is 1. The second-order valence-corrected chi connectivity index (χ2v) is 3.73. The van der Waals surface area contributed by atoms with Gasteiger partial charge in [-0.15, -0.1) is 0 Å². The molecule has 1 aliphatic heterocycles. The Labute approximate surface area is 87.7 Å². The van der Waals surface area contributed by atoms with Crippen molar-refractivity contribution in [1.29, 1.82) is 5.26 Å². The first-order chi connectivity index (χ1) is 6.74. The molecule has 2 heterocycles. The lowest BCUT2D eigenvalue weighted by Gasteiger charge is -2.18. The number of aryl methyl sites for hydroxylation is 1. The molecule has 0 fully saturated rings. The first kappa shape index (κ1) is 9.45. The Morgan fingerprint density at radius 3 is 3.07 bits per heavy atom. The molecule has 0 aliphatic carbocycles.